The van der Waals surface area contributed by atoms with E-state index in [1.165, 1.54) is 13.0 Å². The fourth-order valence-electron chi connectivity index (χ4n) is 3.31. The number of thiol groups is 1. The van der Waals surface area contributed by atoms with Gasteiger partial charge in [0.15, 0.2) is 0 Å². The number of carbonyl (C=O) groups is 1. The highest BCUT2D eigenvalue weighted by Crippen LogP contribution is 2.39. The highest BCUT2D eigenvalue weighted by molar-refractivity contribution is 7.80. The number of ether oxygens (including phenoxy) is 1. The molecule has 1 N–H and O–H groups in total. The van der Waals surface area contributed by atoms with Crippen molar-refractivity contribution in [1.29, 1.82) is 0 Å². The van der Waals surface area contributed by atoms with Crippen LogP contribution in [0.15, 0.2) is 70.6 Å². The molecule has 8 heteroatoms. The van der Waals surface area contributed by atoms with Crippen molar-refractivity contribution in [3.8, 4) is 11.5 Å². The van der Waals surface area contributed by atoms with Gasteiger partial charge in [-0.25, -0.2) is 0 Å². The molecule has 0 bridgehead atoms. The first-order chi connectivity index (χ1) is 14.7. The summed E-state index contributed by atoms with van der Waals surface area (Å²) < 4.78 is 45.6. The van der Waals surface area contributed by atoms with E-state index < -0.39 is 17.6 Å². The van der Waals surface area contributed by atoms with Crippen molar-refractivity contribution in [2.24, 2.45) is 4.99 Å². The topological polar surface area (TPSA) is 50.7 Å². The summed E-state index contributed by atoms with van der Waals surface area (Å²) in [5.74, 6) is 0.696. The lowest BCUT2D eigenvalue weighted by Gasteiger charge is -2.13. The molecule has 0 aliphatic carbocycles. The number of aliphatic imine (C=N–C) groups is 1. The molecule has 158 valence electrons. The van der Waals surface area contributed by atoms with Crippen molar-refractivity contribution >= 4 is 35.6 Å². The minimum atomic E-state index is -4.52. The van der Waals surface area contributed by atoms with Gasteiger partial charge in [-0.2, -0.15) is 13.2 Å². The lowest BCUT2D eigenvalue weighted by atomic mass is 10.1. The van der Waals surface area contributed by atoms with Gasteiger partial charge in [-0.1, -0.05) is 18.2 Å². The maximum absolute atomic E-state index is 13.2. The summed E-state index contributed by atoms with van der Waals surface area (Å²) in [6, 6.07) is 16.5. The maximum Gasteiger partial charge on any atom is 0.416 e. The second kappa shape index (κ2) is 8.11. The summed E-state index contributed by atoms with van der Waals surface area (Å²) in [7, 11) is 0. The number of amides is 1. The number of fused-ring (bicyclic) bond motifs is 1. The molecule has 0 atom stereocenters. The summed E-state index contributed by atoms with van der Waals surface area (Å²) in [5.41, 5.74) is 0.626. The number of rotatable bonds is 3. The number of nitrogens with zero attached hydrogens (tertiary/aromatic N) is 1. The maximum atomic E-state index is 13.2. The van der Waals surface area contributed by atoms with Crippen LogP contribution in [-0.2, 0) is 11.0 Å². The third kappa shape index (κ3) is 4.74. The molecular formula is C23H17F3N2O2S. The highest BCUT2D eigenvalue weighted by Gasteiger charge is 2.34. The van der Waals surface area contributed by atoms with Crippen LogP contribution < -0.4 is 10.1 Å². The summed E-state index contributed by atoms with van der Waals surface area (Å²) in [4.78, 5) is 17.6. The van der Waals surface area contributed by atoms with Crippen LogP contribution in [0.1, 0.15) is 23.1 Å². The van der Waals surface area contributed by atoms with Gasteiger partial charge in [-0.05, 0) is 55.0 Å². The van der Waals surface area contributed by atoms with E-state index in [1.807, 2.05) is 12.1 Å². The Morgan fingerprint density at radius 3 is 2.45 bits per heavy atom. The smallest absolute Gasteiger partial charge is 0.416 e. The Bertz CT molecular complexity index is 1210. The molecule has 0 spiro atoms. The number of hydrogen-bond acceptors (Lipinski definition) is 4. The zero-order valence-electron chi connectivity index (χ0n) is 16.3. The van der Waals surface area contributed by atoms with Crippen LogP contribution in [-0.4, -0.2) is 11.6 Å². The average Bonchev–Trinajstić information content (AvgIpc) is 2.84. The zero-order valence-corrected chi connectivity index (χ0v) is 17.2. The Hall–Kier alpha value is -3.26. The Morgan fingerprint density at radius 1 is 1.03 bits per heavy atom. The number of nitrogens with one attached hydrogen (secondary N) is 1. The molecule has 0 unspecified atom stereocenters. The van der Waals surface area contributed by atoms with Gasteiger partial charge < -0.3 is 10.1 Å². The van der Waals surface area contributed by atoms with Gasteiger partial charge >= 0.3 is 6.18 Å². The molecule has 1 heterocycles. The fourth-order valence-corrected chi connectivity index (χ4v) is 3.52. The third-order valence-electron chi connectivity index (χ3n) is 4.73. The standard InChI is InChI=1S/C23H17F3N2O2S/c1-13-8-20-21(11-18(13)23(24,25)26)28-22(29)12-19(27-20)14-4-2-5-15(9-14)30-16-6-3-7-17(31)10-16/h2-11,31H,12H2,1H3,(H,28,29). The van der Waals surface area contributed by atoms with E-state index >= 15 is 0 Å². The molecule has 0 saturated carbocycles. The molecule has 3 aromatic carbocycles. The first kappa shape index (κ1) is 21.0. The molecule has 1 aliphatic rings. The normalized spacial score (nSPS) is 13.7. The van der Waals surface area contributed by atoms with Crippen LogP contribution in [0.5, 0.6) is 11.5 Å². The van der Waals surface area contributed by atoms with Gasteiger partial charge in [0.1, 0.15) is 11.5 Å². The average molecular weight is 442 g/mol. The second-order valence-corrected chi connectivity index (χ2v) is 7.61. The molecule has 3 aromatic rings. The lowest BCUT2D eigenvalue weighted by molar-refractivity contribution is -0.138. The minimum Gasteiger partial charge on any atom is -0.457 e. The summed E-state index contributed by atoms with van der Waals surface area (Å²) in [6.45, 7) is 1.37. The summed E-state index contributed by atoms with van der Waals surface area (Å²) in [5, 5.41) is 2.53. The van der Waals surface area contributed by atoms with Crippen LogP contribution in [0, 0.1) is 6.92 Å². The Balaban J connectivity index is 1.71. The number of benzene rings is 3. The Kier molecular flexibility index (Phi) is 5.49. The fraction of sp³-hybridized carbons (Fsp3) is 0.130. The van der Waals surface area contributed by atoms with Crippen LogP contribution in [0.4, 0.5) is 24.5 Å². The largest absolute Gasteiger partial charge is 0.457 e. The number of anilines is 1. The van der Waals surface area contributed by atoms with Crippen LogP contribution in [0.2, 0.25) is 0 Å². The predicted molar refractivity (Wildman–Crippen MR) is 116 cm³/mol. The van der Waals surface area contributed by atoms with Gasteiger partial charge in [-0.15, -0.1) is 12.6 Å². The summed E-state index contributed by atoms with van der Waals surface area (Å²) in [6.07, 6.45) is -4.59. The third-order valence-corrected chi connectivity index (χ3v) is 5.00. The van der Waals surface area contributed by atoms with Gasteiger partial charge in [0, 0.05) is 10.5 Å². The molecule has 0 fully saturated rings. The monoisotopic (exact) mass is 442 g/mol. The van der Waals surface area contributed by atoms with E-state index in [2.05, 4.69) is 22.9 Å². The number of aryl methyl sites for hydroxylation is 1. The van der Waals surface area contributed by atoms with Crippen LogP contribution in [0.25, 0.3) is 0 Å². The number of carbonyl (C=O) groups excluding carboxylic acids is 1. The van der Waals surface area contributed by atoms with Gasteiger partial charge in [0.05, 0.1) is 29.1 Å². The number of alkyl halides is 3. The molecule has 31 heavy (non-hydrogen) atoms. The van der Waals surface area contributed by atoms with E-state index in [9.17, 15) is 18.0 Å². The van der Waals surface area contributed by atoms with Crippen molar-refractivity contribution in [2.75, 3.05) is 5.32 Å². The Labute approximate surface area is 182 Å². The lowest BCUT2D eigenvalue weighted by Crippen LogP contribution is -2.15. The molecular weight excluding hydrogens is 425 g/mol. The van der Waals surface area contributed by atoms with Gasteiger partial charge in [-0.3, -0.25) is 9.79 Å². The van der Waals surface area contributed by atoms with Gasteiger partial charge in [0.2, 0.25) is 5.91 Å². The van der Waals surface area contributed by atoms with Crippen LogP contribution in [0.3, 0.4) is 0 Å². The minimum absolute atomic E-state index is 0.0363. The molecule has 4 rings (SSSR count). The quantitative estimate of drug-likeness (QED) is 0.452. The van der Waals surface area contributed by atoms with Crippen molar-refractivity contribution in [2.45, 2.75) is 24.4 Å². The Morgan fingerprint density at radius 2 is 1.74 bits per heavy atom. The first-order valence-corrected chi connectivity index (χ1v) is 9.80. The number of hydrogen-bond donors (Lipinski definition) is 2. The van der Waals surface area contributed by atoms with E-state index in [1.54, 1.807) is 36.4 Å². The molecule has 4 nitrogen and oxygen atoms in total. The molecule has 1 aliphatic heterocycles. The van der Waals surface area contributed by atoms with Gasteiger partial charge in [0.25, 0.3) is 0 Å². The van der Waals surface area contributed by atoms with Crippen molar-refractivity contribution < 1.29 is 22.7 Å². The van der Waals surface area contributed by atoms with Crippen molar-refractivity contribution in [1.82, 2.24) is 0 Å². The molecule has 0 aromatic heterocycles. The van der Waals surface area contributed by atoms with Crippen LogP contribution >= 0.6 is 12.6 Å². The van der Waals surface area contributed by atoms with E-state index in [4.69, 9.17) is 4.74 Å². The van der Waals surface area contributed by atoms with E-state index in [0.29, 0.717) is 22.8 Å². The second-order valence-electron chi connectivity index (χ2n) is 7.09. The summed E-state index contributed by atoms with van der Waals surface area (Å²) >= 11 is 4.29. The molecule has 0 radical (unpaired) electrons. The zero-order chi connectivity index (χ0) is 22.2. The number of halogens is 3. The molecule has 0 saturated heterocycles. The van der Waals surface area contributed by atoms with E-state index in [0.717, 1.165) is 11.0 Å². The highest BCUT2D eigenvalue weighted by atomic mass is 32.1. The van der Waals surface area contributed by atoms with Crippen molar-refractivity contribution in [3.05, 3.63) is 77.4 Å². The first-order valence-electron chi connectivity index (χ1n) is 9.35. The molecule has 1 amide bonds. The van der Waals surface area contributed by atoms with E-state index in [-0.39, 0.29) is 23.4 Å². The SMILES string of the molecule is Cc1cc2c(cc1C(F)(F)F)NC(=O)CC(c1cccc(Oc3cccc(S)c3)c1)=N2. The van der Waals surface area contributed by atoms with Crippen molar-refractivity contribution in [3.63, 3.8) is 0 Å². The predicted octanol–water partition coefficient (Wildman–Crippen LogP) is 6.56.